The summed E-state index contributed by atoms with van der Waals surface area (Å²) in [6.07, 6.45) is 1.84. The van der Waals surface area contributed by atoms with Crippen LogP contribution < -0.4 is 20.0 Å². The number of hydrogen-bond donors (Lipinski definition) is 3. The maximum absolute atomic E-state index is 9.77. The number of methoxy groups -OCH3 is 3. The zero-order chi connectivity index (χ0) is 31.3. The molecule has 3 heterocycles. The second-order valence-corrected chi connectivity index (χ2v) is 10.4. The lowest BCUT2D eigenvalue weighted by Crippen LogP contribution is -2.38. The Bertz CT molecular complexity index is 1370. The van der Waals surface area contributed by atoms with Crippen molar-refractivity contribution in [1.82, 2.24) is 19.9 Å². The van der Waals surface area contributed by atoms with Crippen molar-refractivity contribution in [2.75, 3.05) is 107 Å². The number of benzene rings is 1. The summed E-state index contributed by atoms with van der Waals surface area (Å²) in [5.41, 5.74) is 2.57. The predicted molar refractivity (Wildman–Crippen MR) is 168 cm³/mol. The number of piperidine rings is 1. The first-order valence-electron chi connectivity index (χ1n) is 14.8. The highest BCUT2D eigenvalue weighted by atomic mass is 16.5. The fourth-order valence-electron chi connectivity index (χ4n) is 5.11. The van der Waals surface area contributed by atoms with Crippen LogP contribution in [0.4, 0.5) is 23.5 Å². The van der Waals surface area contributed by atoms with Crippen molar-refractivity contribution in [2.24, 2.45) is 0 Å². The number of fused-ring (bicyclic) bond motifs is 1. The summed E-state index contributed by atoms with van der Waals surface area (Å²) in [6, 6.07) is 9.57. The number of anilines is 4. The van der Waals surface area contributed by atoms with Crippen molar-refractivity contribution in [3.63, 3.8) is 0 Å². The number of nitrogens with zero attached hydrogens (tertiary/aromatic N) is 8. The summed E-state index contributed by atoms with van der Waals surface area (Å²) < 4.78 is 16.4. The Hall–Kier alpha value is -3.87. The normalized spacial score (nSPS) is 13.7. The standard InChI is InChI=1S/C30H43N9O5/c1-42-17-13-39(14-18-43-2)29-34-26-25(27(35-29)32-21-23-6-4-5-22(19-23)20-31)33-30(38(11-15-40)12-16-41)36-28(26)37-9-7-24(44-3)8-10-37/h4-6,19,24,40-41H,7-18,21H2,1-3H3,(H,32,34,35). The fourth-order valence-corrected chi connectivity index (χ4v) is 5.11. The van der Waals surface area contributed by atoms with Crippen molar-refractivity contribution in [3.8, 4) is 6.07 Å². The predicted octanol–water partition coefficient (Wildman–Crippen LogP) is 1.41. The van der Waals surface area contributed by atoms with Crippen molar-refractivity contribution < 1.29 is 24.4 Å². The lowest BCUT2D eigenvalue weighted by molar-refractivity contribution is 0.0818. The minimum absolute atomic E-state index is 0.125. The number of hydrogen-bond acceptors (Lipinski definition) is 14. The van der Waals surface area contributed by atoms with Gasteiger partial charge in [-0.05, 0) is 30.5 Å². The first-order valence-corrected chi connectivity index (χ1v) is 14.8. The van der Waals surface area contributed by atoms with Gasteiger partial charge in [-0.3, -0.25) is 0 Å². The second kappa shape index (κ2) is 16.8. The van der Waals surface area contributed by atoms with Crippen LogP contribution >= 0.6 is 0 Å². The second-order valence-electron chi connectivity index (χ2n) is 10.4. The Morgan fingerprint density at radius 1 is 0.909 bits per heavy atom. The van der Waals surface area contributed by atoms with Crippen LogP contribution in [0.1, 0.15) is 24.0 Å². The molecule has 0 spiro atoms. The highest BCUT2D eigenvalue weighted by Gasteiger charge is 2.27. The molecule has 238 valence electrons. The maximum Gasteiger partial charge on any atom is 0.228 e. The molecule has 4 rings (SSSR count). The molecule has 1 aliphatic heterocycles. The number of aliphatic hydroxyl groups is 2. The molecule has 0 unspecified atom stereocenters. The number of nitrogens with one attached hydrogen (secondary N) is 1. The van der Waals surface area contributed by atoms with E-state index in [-0.39, 0.29) is 32.4 Å². The Morgan fingerprint density at radius 2 is 1.55 bits per heavy atom. The molecule has 2 aromatic heterocycles. The van der Waals surface area contributed by atoms with Crippen LogP contribution in [0.5, 0.6) is 0 Å². The van der Waals surface area contributed by atoms with Crippen LogP contribution in [0.2, 0.25) is 0 Å². The van der Waals surface area contributed by atoms with E-state index in [4.69, 9.17) is 34.1 Å². The first kappa shape index (κ1) is 33.0. The minimum atomic E-state index is -0.125. The van der Waals surface area contributed by atoms with E-state index in [0.717, 1.165) is 18.4 Å². The van der Waals surface area contributed by atoms with Crippen molar-refractivity contribution >= 4 is 34.6 Å². The van der Waals surface area contributed by atoms with Gasteiger partial charge in [-0.1, -0.05) is 12.1 Å². The van der Waals surface area contributed by atoms with E-state index in [0.29, 0.717) is 86.1 Å². The van der Waals surface area contributed by atoms with E-state index in [1.165, 1.54) is 0 Å². The van der Waals surface area contributed by atoms with Gasteiger partial charge >= 0.3 is 0 Å². The zero-order valence-electron chi connectivity index (χ0n) is 25.8. The number of nitriles is 1. The third kappa shape index (κ3) is 8.40. The summed E-state index contributed by atoms with van der Waals surface area (Å²) in [5.74, 6) is 1.99. The van der Waals surface area contributed by atoms with Gasteiger partial charge in [-0.15, -0.1) is 0 Å². The third-order valence-corrected chi connectivity index (χ3v) is 7.53. The van der Waals surface area contributed by atoms with Gasteiger partial charge in [0.15, 0.2) is 11.6 Å². The molecule has 0 atom stereocenters. The van der Waals surface area contributed by atoms with E-state index in [9.17, 15) is 15.5 Å². The van der Waals surface area contributed by atoms with E-state index in [1.807, 2.05) is 23.1 Å². The first-order chi connectivity index (χ1) is 21.5. The number of rotatable bonds is 17. The molecule has 3 aromatic rings. The average Bonchev–Trinajstić information content (AvgIpc) is 3.06. The van der Waals surface area contributed by atoms with E-state index in [2.05, 4.69) is 16.3 Å². The lowest BCUT2D eigenvalue weighted by atomic mass is 10.1. The van der Waals surface area contributed by atoms with Gasteiger partial charge in [0, 0.05) is 67.1 Å². The Labute approximate surface area is 258 Å². The molecule has 1 aromatic carbocycles. The van der Waals surface area contributed by atoms with Gasteiger partial charge in [0.2, 0.25) is 11.9 Å². The van der Waals surface area contributed by atoms with Crippen LogP contribution in [-0.2, 0) is 20.8 Å². The molecule has 1 saturated heterocycles. The van der Waals surface area contributed by atoms with Crippen molar-refractivity contribution in [2.45, 2.75) is 25.5 Å². The molecule has 1 fully saturated rings. The van der Waals surface area contributed by atoms with Crippen molar-refractivity contribution in [1.29, 1.82) is 5.26 Å². The summed E-state index contributed by atoms with van der Waals surface area (Å²) in [7, 11) is 5.04. The van der Waals surface area contributed by atoms with Crippen LogP contribution in [0.3, 0.4) is 0 Å². The molecule has 0 aliphatic carbocycles. The number of aromatic nitrogens is 4. The highest BCUT2D eigenvalue weighted by Crippen LogP contribution is 2.33. The molecule has 0 radical (unpaired) electrons. The Balaban J connectivity index is 1.89. The van der Waals surface area contributed by atoms with E-state index < -0.39 is 0 Å². The van der Waals surface area contributed by atoms with Crippen LogP contribution in [-0.4, -0.2) is 123 Å². The van der Waals surface area contributed by atoms with Crippen LogP contribution in [0, 0.1) is 11.3 Å². The quantitative estimate of drug-likeness (QED) is 0.201. The maximum atomic E-state index is 9.77. The summed E-state index contributed by atoms with van der Waals surface area (Å²) in [5, 5.41) is 32.4. The minimum Gasteiger partial charge on any atom is -0.395 e. The SMILES string of the molecule is COCCN(CCOC)c1nc(NCc2cccc(C#N)c2)c2nc(N(CCO)CCO)nc(N3CCC(OC)CC3)c2n1. The van der Waals surface area contributed by atoms with Gasteiger partial charge in [0.25, 0.3) is 0 Å². The summed E-state index contributed by atoms with van der Waals surface area (Å²) in [6.45, 7) is 4.10. The van der Waals surface area contributed by atoms with Gasteiger partial charge < -0.3 is 44.4 Å². The topological polar surface area (TPSA) is 165 Å². The van der Waals surface area contributed by atoms with E-state index >= 15 is 0 Å². The lowest BCUT2D eigenvalue weighted by Gasteiger charge is -2.33. The molecule has 0 saturated carbocycles. The summed E-state index contributed by atoms with van der Waals surface area (Å²) >= 11 is 0. The van der Waals surface area contributed by atoms with Gasteiger partial charge in [0.1, 0.15) is 11.0 Å². The molecule has 14 heteroatoms. The third-order valence-electron chi connectivity index (χ3n) is 7.53. The molecule has 0 amide bonds. The van der Waals surface area contributed by atoms with Gasteiger partial charge in [-0.2, -0.15) is 15.2 Å². The Morgan fingerprint density at radius 3 is 2.16 bits per heavy atom. The molecular weight excluding hydrogens is 566 g/mol. The van der Waals surface area contributed by atoms with Crippen LogP contribution in [0.25, 0.3) is 11.0 Å². The molecular formula is C30H43N9O5. The van der Waals surface area contributed by atoms with Crippen molar-refractivity contribution in [3.05, 3.63) is 35.4 Å². The monoisotopic (exact) mass is 609 g/mol. The largest absolute Gasteiger partial charge is 0.395 e. The fraction of sp³-hybridized carbons (Fsp3) is 0.567. The number of ether oxygens (including phenoxy) is 3. The zero-order valence-corrected chi connectivity index (χ0v) is 25.8. The smallest absolute Gasteiger partial charge is 0.228 e. The molecule has 3 N–H and O–H groups in total. The van der Waals surface area contributed by atoms with E-state index in [1.54, 1.807) is 32.3 Å². The molecule has 1 aliphatic rings. The van der Waals surface area contributed by atoms with Crippen LogP contribution in [0.15, 0.2) is 24.3 Å². The number of aliphatic hydroxyl groups excluding tert-OH is 2. The summed E-state index contributed by atoms with van der Waals surface area (Å²) in [4.78, 5) is 25.8. The Kier molecular flexibility index (Phi) is 12.6. The van der Waals surface area contributed by atoms with Gasteiger partial charge in [0.05, 0.1) is 44.2 Å². The average molecular weight is 610 g/mol. The molecule has 14 nitrogen and oxygen atoms in total. The molecule has 0 bridgehead atoms. The van der Waals surface area contributed by atoms with Gasteiger partial charge in [-0.25, -0.2) is 9.97 Å². The molecule has 44 heavy (non-hydrogen) atoms. The highest BCUT2D eigenvalue weighted by molar-refractivity contribution is 5.95.